The zero-order valence-corrected chi connectivity index (χ0v) is 11.3. The minimum absolute atomic E-state index is 0.0640. The van der Waals surface area contributed by atoms with E-state index in [1.807, 2.05) is 6.07 Å². The van der Waals surface area contributed by atoms with Gasteiger partial charge in [-0.2, -0.15) is 0 Å². The molecule has 1 aromatic carbocycles. The van der Waals surface area contributed by atoms with Crippen LogP contribution >= 0.6 is 0 Å². The molecule has 1 aromatic rings. The van der Waals surface area contributed by atoms with E-state index in [2.05, 4.69) is 19.1 Å². The monoisotopic (exact) mass is 251 g/mol. The molecule has 0 aromatic heterocycles. The Morgan fingerprint density at radius 2 is 2.12 bits per heavy atom. The van der Waals surface area contributed by atoms with Crippen LogP contribution in [0.2, 0.25) is 0 Å². The third-order valence-electron chi connectivity index (χ3n) is 3.36. The molecule has 2 nitrogen and oxygen atoms in total. The van der Waals surface area contributed by atoms with Crippen LogP contribution in [0.25, 0.3) is 0 Å². The van der Waals surface area contributed by atoms with Crippen LogP contribution in [0.15, 0.2) is 23.1 Å². The van der Waals surface area contributed by atoms with Gasteiger partial charge in [-0.3, -0.25) is 4.21 Å². The Hall–Kier alpha value is -0.670. The van der Waals surface area contributed by atoms with Gasteiger partial charge in [0.15, 0.2) is 0 Å². The molecule has 0 bridgehead atoms. The highest BCUT2D eigenvalue weighted by atomic mass is 32.2. The lowest BCUT2D eigenvalue weighted by Gasteiger charge is -2.10. The van der Waals surface area contributed by atoms with E-state index in [1.165, 1.54) is 24.0 Å². The predicted octanol–water partition coefficient (Wildman–Crippen LogP) is 2.41. The maximum absolute atomic E-state index is 12.2. The third-order valence-corrected chi connectivity index (χ3v) is 4.87. The van der Waals surface area contributed by atoms with Gasteiger partial charge in [-0.1, -0.05) is 19.4 Å². The van der Waals surface area contributed by atoms with Crippen molar-refractivity contribution in [3.8, 4) is 0 Å². The second kappa shape index (κ2) is 5.78. The second-order valence-electron chi connectivity index (χ2n) is 4.85. The summed E-state index contributed by atoms with van der Waals surface area (Å²) in [5.41, 5.74) is 8.76. The van der Waals surface area contributed by atoms with Gasteiger partial charge in [0.2, 0.25) is 0 Å². The summed E-state index contributed by atoms with van der Waals surface area (Å²) < 4.78 is 12.2. The molecule has 1 aliphatic rings. The summed E-state index contributed by atoms with van der Waals surface area (Å²) in [5, 5.41) is 0. The lowest BCUT2D eigenvalue weighted by molar-refractivity contribution is 0.638. The number of hydrogen-bond acceptors (Lipinski definition) is 2. The molecule has 3 heteroatoms. The second-order valence-corrected chi connectivity index (χ2v) is 6.34. The van der Waals surface area contributed by atoms with Crippen LogP contribution < -0.4 is 5.73 Å². The first kappa shape index (κ1) is 12.8. The largest absolute Gasteiger partial charge is 0.327 e. The van der Waals surface area contributed by atoms with Crippen molar-refractivity contribution in [2.75, 3.05) is 5.75 Å². The quantitative estimate of drug-likeness (QED) is 0.873. The fourth-order valence-corrected chi connectivity index (χ4v) is 3.68. The van der Waals surface area contributed by atoms with Crippen LogP contribution in [0.5, 0.6) is 0 Å². The summed E-state index contributed by atoms with van der Waals surface area (Å²) in [6.45, 7) is 2.11. The Morgan fingerprint density at radius 3 is 2.88 bits per heavy atom. The highest BCUT2D eigenvalue weighted by Gasteiger charge is 2.14. The predicted molar refractivity (Wildman–Crippen MR) is 72.6 cm³/mol. The standard InChI is InChI=1S/C14H21NOS/c1-2-4-13(15)10-17(16)14-8-7-11-5-3-6-12(11)9-14/h7-9,13H,2-6,10,15H2,1H3. The Kier molecular flexibility index (Phi) is 4.35. The highest BCUT2D eigenvalue weighted by molar-refractivity contribution is 7.85. The van der Waals surface area contributed by atoms with Crippen molar-refractivity contribution in [1.82, 2.24) is 0 Å². The molecule has 94 valence electrons. The summed E-state index contributed by atoms with van der Waals surface area (Å²) in [7, 11) is -0.932. The van der Waals surface area contributed by atoms with Gasteiger partial charge in [0.25, 0.3) is 0 Å². The summed E-state index contributed by atoms with van der Waals surface area (Å²) in [6.07, 6.45) is 5.57. The van der Waals surface area contributed by atoms with Gasteiger partial charge < -0.3 is 5.73 Å². The summed E-state index contributed by atoms with van der Waals surface area (Å²) >= 11 is 0. The third kappa shape index (κ3) is 3.17. The van der Waals surface area contributed by atoms with Crippen LogP contribution in [0, 0.1) is 0 Å². The number of rotatable bonds is 5. The van der Waals surface area contributed by atoms with Crippen molar-refractivity contribution in [1.29, 1.82) is 0 Å². The van der Waals surface area contributed by atoms with E-state index in [1.54, 1.807) is 0 Å². The fraction of sp³-hybridized carbons (Fsp3) is 0.571. The average molecular weight is 251 g/mol. The minimum Gasteiger partial charge on any atom is -0.327 e. The van der Waals surface area contributed by atoms with Crippen LogP contribution in [0.3, 0.4) is 0 Å². The molecule has 0 fully saturated rings. The van der Waals surface area contributed by atoms with Gasteiger partial charge in [0.1, 0.15) is 0 Å². The molecule has 1 aliphatic carbocycles. The Balaban J connectivity index is 2.04. The van der Waals surface area contributed by atoms with E-state index >= 15 is 0 Å². The van der Waals surface area contributed by atoms with Crippen molar-refractivity contribution in [3.63, 3.8) is 0 Å². The van der Waals surface area contributed by atoms with Crippen molar-refractivity contribution >= 4 is 10.8 Å². The first-order valence-electron chi connectivity index (χ1n) is 6.46. The average Bonchev–Trinajstić information content (AvgIpc) is 2.75. The van der Waals surface area contributed by atoms with E-state index < -0.39 is 10.8 Å². The Bertz CT molecular complexity index is 417. The molecule has 0 aliphatic heterocycles. The molecule has 0 saturated heterocycles. The molecular weight excluding hydrogens is 230 g/mol. The normalized spacial score (nSPS) is 17.8. The number of nitrogens with two attached hydrogens (primary N) is 1. The van der Waals surface area contributed by atoms with Crippen molar-refractivity contribution in [3.05, 3.63) is 29.3 Å². The Labute approximate surface area is 106 Å². The van der Waals surface area contributed by atoms with E-state index in [0.717, 1.165) is 24.2 Å². The first-order chi connectivity index (χ1) is 8.20. The molecule has 2 unspecified atom stereocenters. The molecule has 2 atom stereocenters. The first-order valence-corrected chi connectivity index (χ1v) is 7.78. The van der Waals surface area contributed by atoms with Crippen molar-refractivity contribution in [2.45, 2.75) is 50.0 Å². The molecular formula is C14H21NOS. The smallest absolute Gasteiger partial charge is 0.0545 e. The van der Waals surface area contributed by atoms with Gasteiger partial charge in [-0.15, -0.1) is 0 Å². The van der Waals surface area contributed by atoms with Gasteiger partial charge >= 0.3 is 0 Å². The number of aryl methyl sites for hydroxylation is 2. The number of fused-ring (bicyclic) bond motifs is 1. The van der Waals surface area contributed by atoms with Gasteiger partial charge in [0.05, 0.1) is 10.8 Å². The number of benzene rings is 1. The van der Waals surface area contributed by atoms with Crippen molar-refractivity contribution < 1.29 is 4.21 Å². The molecule has 0 heterocycles. The SMILES string of the molecule is CCCC(N)CS(=O)c1ccc2c(c1)CCC2. The summed E-state index contributed by atoms with van der Waals surface area (Å²) in [5.74, 6) is 0.590. The van der Waals surface area contributed by atoms with E-state index in [-0.39, 0.29) is 6.04 Å². The van der Waals surface area contributed by atoms with Gasteiger partial charge in [0, 0.05) is 16.7 Å². The lowest BCUT2D eigenvalue weighted by Crippen LogP contribution is -2.26. The summed E-state index contributed by atoms with van der Waals surface area (Å²) in [6, 6.07) is 6.34. The Morgan fingerprint density at radius 1 is 1.35 bits per heavy atom. The molecule has 17 heavy (non-hydrogen) atoms. The van der Waals surface area contributed by atoms with Crippen LogP contribution in [0.4, 0.5) is 0 Å². The zero-order valence-electron chi connectivity index (χ0n) is 10.4. The molecule has 2 N–H and O–H groups in total. The van der Waals surface area contributed by atoms with Crippen LogP contribution in [0.1, 0.15) is 37.3 Å². The lowest BCUT2D eigenvalue weighted by atomic mass is 10.1. The molecule has 0 amide bonds. The number of hydrogen-bond donors (Lipinski definition) is 1. The van der Waals surface area contributed by atoms with Crippen LogP contribution in [-0.2, 0) is 23.6 Å². The molecule has 0 spiro atoms. The fourth-order valence-electron chi connectivity index (χ4n) is 2.43. The van der Waals surface area contributed by atoms with Gasteiger partial charge in [-0.25, -0.2) is 0 Å². The van der Waals surface area contributed by atoms with Crippen LogP contribution in [-0.4, -0.2) is 16.0 Å². The minimum atomic E-state index is -0.932. The molecule has 0 radical (unpaired) electrons. The topological polar surface area (TPSA) is 43.1 Å². The highest BCUT2D eigenvalue weighted by Crippen LogP contribution is 2.24. The maximum atomic E-state index is 12.2. The van der Waals surface area contributed by atoms with Gasteiger partial charge in [-0.05, 0) is 48.9 Å². The maximum Gasteiger partial charge on any atom is 0.0545 e. The van der Waals surface area contributed by atoms with Crippen molar-refractivity contribution in [2.24, 2.45) is 5.73 Å². The zero-order chi connectivity index (χ0) is 12.3. The molecule has 0 saturated carbocycles. The van der Waals surface area contributed by atoms with E-state index in [9.17, 15) is 4.21 Å². The summed E-state index contributed by atoms with van der Waals surface area (Å²) in [4.78, 5) is 0.956. The van der Waals surface area contributed by atoms with E-state index in [0.29, 0.717) is 5.75 Å². The molecule has 2 rings (SSSR count). The van der Waals surface area contributed by atoms with E-state index in [4.69, 9.17) is 5.73 Å².